The molecule has 1 atom stereocenters. The van der Waals surface area contributed by atoms with Crippen LogP contribution >= 0.6 is 0 Å². The molecule has 26 heavy (non-hydrogen) atoms. The van der Waals surface area contributed by atoms with E-state index in [1.54, 1.807) is 0 Å². The molecule has 4 N–H and O–H groups in total. The van der Waals surface area contributed by atoms with Gasteiger partial charge in [-0.3, -0.25) is 9.59 Å². The number of aromatic nitrogens is 1. The second kappa shape index (κ2) is 7.23. The lowest BCUT2D eigenvalue weighted by molar-refractivity contribution is -0.118. The van der Waals surface area contributed by atoms with Crippen LogP contribution in [0.5, 0.6) is 0 Å². The summed E-state index contributed by atoms with van der Waals surface area (Å²) in [6.45, 7) is 9.35. The quantitative estimate of drug-likeness (QED) is 0.718. The number of piperidine rings is 1. The van der Waals surface area contributed by atoms with Gasteiger partial charge in [-0.2, -0.15) is 0 Å². The highest BCUT2D eigenvalue weighted by molar-refractivity contribution is 5.99. The minimum atomic E-state index is -0.339. The zero-order chi connectivity index (χ0) is 18.8. The summed E-state index contributed by atoms with van der Waals surface area (Å²) in [4.78, 5) is 28.8. The van der Waals surface area contributed by atoms with E-state index >= 15 is 0 Å². The maximum atomic E-state index is 11.6. The molecule has 0 saturated carbocycles. The first-order chi connectivity index (χ1) is 12.4. The van der Waals surface area contributed by atoms with E-state index in [1.807, 2.05) is 13.0 Å². The van der Waals surface area contributed by atoms with Crippen molar-refractivity contribution in [3.05, 3.63) is 41.6 Å². The number of primary amides is 1. The molecular weight excluding hydrogens is 328 g/mol. The number of benzene rings is 1. The average molecular weight is 354 g/mol. The number of nitrogens with zero attached hydrogens (tertiary/aromatic N) is 1. The molecule has 0 radical (unpaired) electrons. The van der Waals surface area contributed by atoms with Gasteiger partial charge >= 0.3 is 0 Å². The van der Waals surface area contributed by atoms with Crippen LogP contribution in [0.15, 0.2) is 24.8 Å². The molecule has 0 aliphatic carbocycles. The van der Waals surface area contributed by atoms with Crippen LogP contribution in [0.3, 0.4) is 0 Å². The zero-order valence-electron chi connectivity index (χ0n) is 15.4. The Morgan fingerprint density at radius 3 is 2.88 bits per heavy atom. The van der Waals surface area contributed by atoms with Crippen molar-refractivity contribution in [3.63, 3.8) is 0 Å². The smallest absolute Gasteiger partial charge is 0.243 e. The van der Waals surface area contributed by atoms with Crippen LogP contribution in [0.4, 0.5) is 5.69 Å². The van der Waals surface area contributed by atoms with Crippen molar-refractivity contribution in [2.75, 3.05) is 18.0 Å². The molecule has 1 aliphatic heterocycles. The number of nitrogens with two attached hydrogens (primary N) is 1. The minimum Gasteiger partial charge on any atom is -0.369 e. The van der Waals surface area contributed by atoms with Crippen molar-refractivity contribution in [1.29, 1.82) is 0 Å². The van der Waals surface area contributed by atoms with E-state index in [0.717, 1.165) is 53.8 Å². The van der Waals surface area contributed by atoms with E-state index in [9.17, 15) is 9.59 Å². The van der Waals surface area contributed by atoms with Crippen molar-refractivity contribution in [3.8, 4) is 0 Å². The van der Waals surface area contributed by atoms with Gasteiger partial charge in [-0.05, 0) is 50.0 Å². The molecule has 0 spiro atoms. The molecule has 0 unspecified atom stereocenters. The Labute approximate surface area is 153 Å². The molecule has 1 saturated heterocycles. The Balaban J connectivity index is 1.98. The van der Waals surface area contributed by atoms with Gasteiger partial charge in [0, 0.05) is 35.9 Å². The van der Waals surface area contributed by atoms with Gasteiger partial charge in [-0.15, -0.1) is 0 Å². The first-order valence-corrected chi connectivity index (χ1v) is 8.97. The topological polar surface area (TPSA) is 91.2 Å². The number of carbonyl (C=O) groups excluding carboxylic acids is 2. The highest BCUT2D eigenvalue weighted by Crippen LogP contribution is 2.35. The number of hydrogen-bond donors (Lipinski definition) is 3. The Hall–Kier alpha value is -2.76. The molecule has 6 heteroatoms. The van der Waals surface area contributed by atoms with Crippen LogP contribution in [0, 0.1) is 13.8 Å². The number of fused-ring (bicyclic) bond motifs is 1. The maximum Gasteiger partial charge on any atom is 0.243 e. The van der Waals surface area contributed by atoms with E-state index in [1.165, 1.54) is 11.6 Å². The molecule has 2 heterocycles. The van der Waals surface area contributed by atoms with Crippen molar-refractivity contribution in [1.82, 2.24) is 10.3 Å². The molecular formula is C20H26N4O2. The van der Waals surface area contributed by atoms with Crippen molar-refractivity contribution < 1.29 is 9.59 Å². The predicted octanol–water partition coefficient (Wildman–Crippen LogP) is 2.08. The van der Waals surface area contributed by atoms with E-state index in [2.05, 4.69) is 34.8 Å². The summed E-state index contributed by atoms with van der Waals surface area (Å²) in [5.74, 6) is -0.471. The van der Waals surface area contributed by atoms with Gasteiger partial charge in [0.25, 0.3) is 0 Å². The third-order valence-corrected chi connectivity index (χ3v) is 5.18. The van der Waals surface area contributed by atoms with Gasteiger partial charge in [0.1, 0.15) is 0 Å². The Morgan fingerprint density at radius 2 is 2.19 bits per heavy atom. The van der Waals surface area contributed by atoms with Crippen LogP contribution in [0.1, 0.15) is 29.7 Å². The largest absolute Gasteiger partial charge is 0.369 e. The number of hydrogen-bond acceptors (Lipinski definition) is 3. The molecule has 1 aliphatic rings. The highest BCUT2D eigenvalue weighted by atomic mass is 16.1. The van der Waals surface area contributed by atoms with Gasteiger partial charge in [0.15, 0.2) is 0 Å². The minimum absolute atomic E-state index is 0.106. The Kier molecular flexibility index (Phi) is 5.02. The number of nitrogens with one attached hydrogen (secondary N) is 2. The fraction of sp³-hybridized carbons (Fsp3) is 0.400. The predicted molar refractivity (Wildman–Crippen MR) is 104 cm³/mol. The summed E-state index contributed by atoms with van der Waals surface area (Å²) >= 11 is 0. The van der Waals surface area contributed by atoms with Crippen molar-refractivity contribution in [2.45, 2.75) is 39.2 Å². The highest BCUT2D eigenvalue weighted by Gasteiger charge is 2.24. The van der Waals surface area contributed by atoms with Crippen molar-refractivity contribution in [2.24, 2.45) is 5.73 Å². The number of H-pyrrole nitrogens is 1. The molecule has 138 valence electrons. The van der Waals surface area contributed by atoms with E-state index in [4.69, 9.17) is 5.73 Å². The summed E-state index contributed by atoms with van der Waals surface area (Å²) in [5, 5.41) is 4.14. The number of rotatable bonds is 5. The van der Waals surface area contributed by atoms with Gasteiger partial charge in [-0.1, -0.05) is 12.6 Å². The van der Waals surface area contributed by atoms with E-state index in [0.29, 0.717) is 0 Å². The normalized spacial score (nSPS) is 17.3. The summed E-state index contributed by atoms with van der Waals surface area (Å²) in [5.41, 5.74) is 10.7. The number of carbonyl (C=O) groups is 2. The summed E-state index contributed by atoms with van der Waals surface area (Å²) < 4.78 is 0. The average Bonchev–Trinajstić information content (AvgIpc) is 2.91. The molecule has 1 aromatic carbocycles. The lowest BCUT2D eigenvalue weighted by atomic mass is 10.00. The maximum absolute atomic E-state index is 11.6. The lowest BCUT2D eigenvalue weighted by Gasteiger charge is -2.35. The number of anilines is 1. The number of aromatic amines is 1. The van der Waals surface area contributed by atoms with Gasteiger partial charge in [0.2, 0.25) is 11.8 Å². The molecule has 1 aromatic heterocycles. The first kappa shape index (κ1) is 18.0. The number of aryl methyl sites for hydroxylation is 2. The number of amides is 2. The third-order valence-electron chi connectivity index (χ3n) is 5.18. The van der Waals surface area contributed by atoms with Crippen LogP contribution in [0.25, 0.3) is 10.9 Å². The van der Waals surface area contributed by atoms with Crippen LogP contribution < -0.4 is 16.0 Å². The molecule has 6 nitrogen and oxygen atoms in total. The lowest BCUT2D eigenvalue weighted by Crippen LogP contribution is -2.47. The Morgan fingerprint density at radius 1 is 1.42 bits per heavy atom. The molecule has 1 fully saturated rings. The standard InChI is InChI=1S/C20H26N4O2/c1-4-18(26)23-15-6-5-9-24(11-15)16-8-7-14(10-17(21)25)20-19(16)12(2)13(3)22-20/h4,7-8,15,22H,1,5-6,9-11H2,2-3H3,(H2,21,25)(H,23,26)/t15-/m1/s1. The van der Waals surface area contributed by atoms with Gasteiger partial charge in [0.05, 0.1) is 11.9 Å². The molecule has 0 bridgehead atoms. The third kappa shape index (κ3) is 3.45. The molecule has 2 aromatic rings. The monoisotopic (exact) mass is 354 g/mol. The second-order valence-corrected chi connectivity index (χ2v) is 7.01. The molecule has 3 rings (SSSR count). The van der Waals surface area contributed by atoms with E-state index < -0.39 is 0 Å². The van der Waals surface area contributed by atoms with Crippen LogP contribution in [0.2, 0.25) is 0 Å². The molecule has 2 amide bonds. The summed E-state index contributed by atoms with van der Waals surface area (Å²) in [6, 6.07) is 4.15. The summed E-state index contributed by atoms with van der Waals surface area (Å²) in [6.07, 6.45) is 3.50. The van der Waals surface area contributed by atoms with E-state index in [-0.39, 0.29) is 24.3 Å². The fourth-order valence-electron chi connectivity index (χ4n) is 3.80. The fourth-order valence-corrected chi connectivity index (χ4v) is 3.80. The second-order valence-electron chi connectivity index (χ2n) is 7.01. The summed E-state index contributed by atoms with van der Waals surface area (Å²) in [7, 11) is 0. The van der Waals surface area contributed by atoms with Crippen molar-refractivity contribution >= 4 is 28.4 Å². The zero-order valence-corrected chi connectivity index (χ0v) is 15.4. The van der Waals surface area contributed by atoms with Crippen LogP contribution in [-0.4, -0.2) is 35.9 Å². The first-order valence-electron chi connectivity index (χ1n) is 8.97. The van der Waals surface area contributed by atoms with Crippen LogP contribution in [-0.2, 0) is 16.0 Å². The SMILES string of the molecule is C=CC(=O)N[C@@H]1CCCN(c2ccc(CC(N)=O)c3[nH]c(C)c(C)c23)C1. The van der Waals surface area contributed by atoms with Gasteiger partial charge in [-0.25, -0.2) is 0 Å². The van der Waals surface area contributed by atoms with Gasteiger partial charge < -0.3 is 20.9 Å². The Bertz CT molecular complexity index is 868.